The molecule has 0 unspecified atom stereocenters. The zero-order valence-corrected chi connectivity index (χ0v) is 20.2. The van der Waals surface area contributed by atoms with Crippen molar-refractivity contribution in [1.29, 1.82) is 0 Å². The van der Waals surface area contributed by atoms with Crippen LogP contribution in [-0.4, -0.2) is 25.2 Å². The number of hydrogen-bond acceptors (Lipinski definition) is 4. The number of unbranched alkanes of at least 4 members (excludes halogenated alkanes) is 7. The second-order valence-corrected chi connectivity index (χ2v) is 8.54. The molecule has 0 radical (unpaired) electrons. The van der Waals surface area contributed by atoms with Crippen LogP contribution < -0.4 is 10.1 Å². The number of nitrogens with one attached hydrogen (secondary N) is 1. The zero-order valence-electron chi connectivity index (χ0n) is 20.2. The van der Waals surface area contributed by atoms with E-state index in [0.29, 0.717) is 13.0 Å². The molecule has 0 aliphatic carbocycles. The van der Waals surface area contributed by atoms with Crippen LogP contribution in [0.1, 0.15) is 77.2 Å². The van der Waals surface area contributed by atoms with Crippen LogP contribution in [-0.2, 0) is 16.0 Å². The summed E-state index contributed by atoms with van der Waals surface area (Å²) in [6.07, 6.45) is 11.2. The van der Waals surface area contributed by atoms with Crippen LogP contribution in [0.2, 0.25) is 0 Å². The van der Waals surface area contributed by atoms with Crippen LogP contribution in [0.5, 0.6) is 5.75 Å². The molecule has 0 aromatic heterocycles. The first-order chi connectivity index (χ1) is 15.6. The third kappa shape index (κ3) is 8.57. The predicted octanol–water partition coefficient (Wildman–Crippen LogP) is 7.18. The number of ether oxygens (including phenoxy) is 2. The van der Waals surface area contributed by atoms with Crippen molar-refractivity contribution < 1.29 is 14.3 Å². The molecular weight excluding hydrogens is 398 g/mol. The highest BCUT2D eigenvalue weighted by Crippen LogP contribution is 2.29. The molecule has 2 aromatic carbocycles. The molecule has 0 saturated heterocycles. The average Bonchev–Trinajstić information content (AvgIpc) is 2.82. The fourth-order valence-electron chi connectivity index (χ4n) is 4.15. The number of esters is 1. The summed E-state index contributed by atoms with van der Waals surface area (Å²) >= 11 is 0. The van der Waals surface area contributed by atoms with Crippen LogP contribution in [0, 0.1) is 0 Å². The Morgan fingerprint density at radius 1 is 0.844 bits per heavy atom. The average molecular weight is 440 g/mol. The quantitative estimate of drug-likeness (QED) is 0.222. The van der Waals surface area contributed by atoms with Crippen molar-refractivity contribution in [3.8, 4) is 5.75 Å². The summed E-state index contributed by atoms with van der Waals surface area (Å²) in [4.78, 5) is 13.3. The molecule has 0 aliphatic rings. The number of carbonyl (C=O) groups is 1. The van der Waals surface area contributed by atoms with E-state index in [1.807, 2.05) is 49.4 Å². The van der Waals surface area contributed by atoms with Crippen molar-refractivity contribution in [2.75, 3.05) is 19.0 Å². The van der Waals surface area contributed by atoms with Gasteiger partial charge in [-0.2, -0.15) is 0 Å². The Balaban J connectivity index is 2.15. The molecule has 0 amide bonds. The van der Waals surface area contributed by atoms with Crippen molar-refractivity contribution in [2.45, 2.75) is 83.6 Å². The van der Waals surface area contributed by atoms with E-state index >= 15 is 0 Å². The first-order valence-corrected chi connectivity index (χ1v) is 12.3. The Morgan fingerprint density at radius 3 is 2.06 bits per heavy atom. The van der Waals surface area contributed by atoms with Gasteiger partial charge in [0.25, 0.3) is 0 Å². The first-order valence-electron chi connectivity index (χ1n) is 12.3. The zero-order chi connectivity index (χ0) is 23.1. The molecule has 2 rings (SSSR count). The van der Waals surface area contributed by atoms with E-state index in [4.69, 9.17) is 9.47 Å². The van der Waals surface area contributed by atoms with Crippen LogP contribution in [0.25, 0.3) is 0 Å². The summed E-state index contributed by atoms with van der Waals surface area (Å²) in [5.74, 6) is 0.617. The fraction of sp³-hybridized carbons (Fsp3) is 0.536. The van der Waals surface area contributed by atoms with Crippen molar-refractivity contribution in [3.63, 3.8) is 0 Å². The van der Waals surface area contributed by atoms with Crippen LogP contribution in [0.15, 0.2) is 54.6 Å². The van der Waals surface area contributed by atoms with Crippen LogP contribution in [0.3, 0.4) is 0 Å². The maximum Gasteiger partial charge on any atom is 0.332 e. The van der Waals surface area contributed by atoms with Gasteiger partial charge in [-0.25, -0.2) is 4.79 Å². The van der Waals surface area contributed by atoms with Gasteiger partial charge in [0.05, 0.1) is 13.7 Å². The number of anilines is 1. The van der Waals surface area contributed by atoms with Crippen molar-refractivity contribution in [3.05, 3.63) is 60.2 Å². The Hall–Kier alpha value is -2.49. The minimum Gasteiger partial charge on any atom is -0.497 e. The Labute approximate surface area is 194 Å². The van der Waals surface area contributed by atoms with Gasteiger partial charge in [-0.3, -0.25) is 0 Å². The molecule has 176 valence electrons. The summed E-state index contributed by atoms with van der Waals surface area (Å²) in [6, 6.07) is 18.0. The van der Waals surface area contributed by atoms with Gasteiger partial charge in [0.2, 0.25) is 0 Å². The maximum atomic E-state index is 13.3. The molecule has 0 bridgehead atoms. The summed E-state index contributed by atoms with van der Waals surface area (Å²) in [5, 5.41) is 3.57. The Bertz CT molecular complexity index is 760. The minimum atomic E-state index is -0.797. The number of rotatable bonds is 16. The van der Waals surface area contributed by atoms with Gasteiger partial charge >= 0.3 is 5.97 Å². The van der Waals surface area contributed by atoms with E-state index in [1.54, 1.807) is 7.11 Å². The molecule has 0 aliphatic heterocycles. The summed E-state index contributed by atoms with van der Waals surface area (Å²) in [5.41, 5.74) is 1.23. The fourth-order valence-corrected chi connectivity index (χ4v) is 4.15. The monoisotopic (exact) mass is 439 g/mol. The number of carbonyl (C=O) groups excluding carboxylic acids is 1. The lowest BCUT2D eigenvalue weighted by molar-refractivity contribution is -0.149. The molecule has 0 fully saturated rings. The predicted molar refractivity (Wildman–Crippen MR) is 133 cm³/mol. The molecule has 4 nitrogen and oxygen atoms in total. The van der Waals surface area contributed by atoms with Gasteiger partial charge in [0.15, 0.2) is 0 Å². The number of benzene rings is 2. The van der Waals surface area contributed by atoms with E-state index < -0.39 is 5.54 Å². The van der Waals surface area contributed by atoms with Gasteiger partial charge in [-0.1, -0.05) is 88.6 Å². The van der Waals surface area contributed by atoms with Gasteiger partial charge in [0, 0.05) is 12.1 Å². The standard InChI is InChI=1S/C28H41NO3/c1-4-6-7-8-9-10-11-15-22-28(27(30)32-5-2,23-24-16-13-12-14-17-24)29-25-18-20-26(31-3)21-19-25/h12-14,16-21,29H,4-11,15,22-23H2,1-3H3/t28-/m0/s1. The van der Waals surface area contributed by atoms with Gasteiger partial charge in [-0.05, 0) is 43.2 Å². The highest BCUT2D eigenvalue weighted by atomic mass is 16.5. The SMILES string of the molecule is CCCCCCCCCC[C@@](Cc1ccccc1)(Nc1ccc(OC)cc1)C(=O)OCC. The molecule has 1 atom stereocenters. The summed E-state index contributed by atoms with van der Waals surface area (Å²) in [7, 11) is 1.66. The Kier molecular flexibility index (Phi) is 11.7. The van der Waals surface area contributed by atoms with E-state index in [2.05, 4.69) is 24.4 Å². The lowest BCUT2D eigenvalue weighted by Crippen LogP contribution is -2.49. The normalized spacial score (nSPS) is 12.7. The van der Waals surface area contributed by atoms with Gasteiger partial charge < -0.3 is 14.8 Å². The minimum absolute atomic E-state index is 0.178. The lowest BCUT2D eigenvalue weighted by Gasteiger charge is -2.34. The van der Waals surface area contributed by atoms with E-state index in [0.717, 1.165) is 36.3 Å². The third-order valence-electron chi connectivity index (χ3n) is 5.95. The molecule has 32 heavy (non-hydrogen) atoms. The van der Waals surface area contributed by atoms with E-state index in [9.17, 15) is 4.79 Å². The molecular formula is C28H41NO3. The highest BCUT2D eigenvalue weighted by molar-refractivity contribution is 5.85. The molecule has 4 heteroatoms. The number of methoxy groups -OCH3 is 1. The molecule has 0 heterocycles. The first kappa shape index (κ1) is 25.8. The van der Waals surface area contributed by atoms with E-state index in [-0.39, 0.29) is 5.97 Å². The molecule has 2 aromatic rings. The lowest BCUT2D eigenvalue weighted by atomic mass is 9.84. The topological polar surface area (TPSA) is 47.6 Å². The molecule has 0 spiro atoms. The summed E-state index contributed by atoms with van der Waals surface area (Å²) in [6.45, 7) is 4.49. The second-order valence-electron chi connectivity index (χ2n) is 8.54. The van der Waals surface area contributed by atoms with Gasteiger partial charge in [0.1, 0.15) is 11.3 Å². The van der Waals surface area contributed by atoms with E-state index in [1.165, 1.54) is 38.5 Å². The maximum absolute atomic E-state index is 13.3. The third-order valence-corrected chi connectivity index (χ3v) is 5.95. The van der Waals surface area contributed by atoms with Crippen LogP contribution >= 0.6 is 0 Å². The van der Waals surface area contributed by atoms with Gasteiger partial charge in [-0.15, -0.1) is 0 Å². The number of hydrogen-bond donors (Lipinski definition) is 1. The van der Waals surface area contributed by atoms with Crippen LogP contribution in [0.4, 0.5) is 5.69 Å². The molecule has 0 saturated carbocycles. The second kappa shape index (κ2) is 14.5. The Morgan fingerprint density at radius 2 is 1.47 bits per heavy atom. The van der Waals surface area contributed by atoms with Crippen molar-refractivity contribution in [1.82, 2.24) is 0 Å². The van der Waals surface area contributed by atoms with Crippen molar-refractivity contribution >= 4 is 11.7 Å². The highest BCUT2D eigenvalue weighted by Gasteiger charge is 2.39. The molecule has 1 N–H and O–H groups in total. The van der Waals surface area contributed by atoms with Crippen molar-refractivity contribution in [2.24, 2.45) is 0 Å². The largest absolute Gasteiger partial charge is 0.497 e. The smallest absolute Gasteiger partial charge is 0.332 e. The summed E-state index contributed by atoms with van der Waals surface area (Å²) < 4.78 is 10.9.